The van der Waals surface area contributed by atoms with Crippen molar-refractivity contribution in [1.29, 1.82) is 0 Å². The molecule has 1 saturated heterocycles. The van der Waals surface area contributed by atoms with Crippen molar-refractivity contribution in [3.05, 3.63) is 107 Å². The van der Waals surface area contributed by atoms with Crippen molar-refractivity contribution >= 4 is 34.1 Å². The first-order valence-electron chi connectivity index (χ1n) is 23.8. The molecule has 11 rings (SSSR count). The molecule has 2 amide bonds. The van der Waals surface area contributed by atoms with Crippen LogP contribution in [-0.2, 0) is 53.7 Å². The van der Waals surface area contributed by atoms with Crippen molar-refractivity contribution < 1.29 is 14.3 Å². The lowest BCUT2D eigenvalue weighted by Crippen LogP contribution is -2.35. The van der Waals surface area contributed by atoms with Crippen LogP contribution >= 0.6 is 0 Å². The van der Waals surface area contributed by atoms with Crippen LogP contribution in [0, 0.1) is 0 Å². The Labute approximate surface area is 391 Å². The van der Waals surface area contributed by atoms with Crippen molar-refractivity contribution in [1.82, 2.24) is 54.1 Å². The van der Waals surface area contributed by atoms with Gasteiger partial charge in [0.2, 0.25) is 11.8 Å². The normalized spacial score (nSPS) is 16.0. The van der Waals surface area contributed by atoms with Crippen LogP contribution in [0.25, 0.3) is 44.4 Å². The molecule has 15 nitrogen and oxygen atoms in total. The number of ether oxygens (including phenoxy) is 1. The SMILES string of the molecule is CC(=O)N1CCc2c(c(-c3cccc4cc(-c5cnc(C(C)C)nc5)ncc34)nn2C2CCOCC2)C1.CC(=O)N1CCc2c(c(N3CCc4cc(-c5cnn(C)c5)ccc43)nn2C(C)C)C1. The quantitative estimate of drug-likeness (QED) is 0.153. The number of pyridine rings is 1. The maximum atomic E-state index is 12.3. The van der Waals surface area contributed by atoms with Crippen LogP contribution in [0.4, 0.5) is 11.5 Å². The highest BCUT2D eigenvalue weighted by atomic mass is 16.5. The van der Waals surface area contributed by atoms with Gasteiger partial charge in [0.05, 0.1) is 30.2 Å². The fourth-order valence-corrected chi connectivity index (χ4v) is 10.2. The van der Waals surface area contributed by atoms with E-state index in [1.165, 1.54) is 33.8 Å². The summed E-state index contributed by atoms with van der Waals surface area (Å²) in [7, 11) is 1.94. The summed E-state index contributed by atoms with van der Waals surface area (Å²) in [4.78, 5) is 44.3. The predicted molar refractivity (Wildman–Crippen MR) is 259 cm³/mol. The molecule has 0 aliphatic carbocycles. The maximum Gasteiger partial charge on any atom is 0.219 e. The van der Waals surface area contributed by atoms with Gasteiger partial charge in [0.1, 0.15) is 5.82 Å². The van der Waals surface area contributed by atoms with Gasteiger partial charge in [-0.25, -0.2) is 9.97 Å². The highest BCUT2D eigenvalue weighted by Crippen LogP contribution is 2.41. The summed E-state index contributed by atoms with van der Waals surface area (Å²) in [6.45, 7) is 17.0. The summed E-state index contributed by atoms with van der Waals surface area (Å²) in [6, 6.07) is 15.7. The zero-order valence-corrected chi connectivity index (χ0v) is 39.7. The van der Waals surface area contributed by atoms with Crippen LogP contribution in [0.3, 0.4) is 0 Å². The van der Waals surface area contributed by atoms with Gasteiger partial charge in [-0.2, -0.15) is 15.3 Å². The minimum absolute atomic E-state index is 0.102. The predicted octanol–water partition coefficient (Wildman–Crippen LogP) is 8.40. The molecule has 7 aromatic rings. The molecule has 0 bridgehead atoms. The van der Waals surface area contributed by atoms with Gasteiger partial charge in [0, 0.05) is 160 Å². The lowest BCUT2D eigenvalue weighted by molar-refractivity contribution is -0.130. The molecule has 346 valence electrons. The summed E-state index contributed by atoms with van der Waals surface area (Å²) in [5, 5.41) is 16.7. The highest BCUT2D eigenvalue weighted by molar-refractivity contribution is 5.97. The van der Waals surface area contributed by atoms with Gasteiger partial charge in [-0.15, -0.1) is 0 Å². The summed E-state index contributed by atoms with van der Waals surface area (Å²) < 4.78 is 11.8. The highest BCUT2D eigenvalue weighted by Gasteiger charge is 2.33. The van der Waals surface area contributed by atoms with E-state index in [9.17, 15) is 9.59 Å². The zero-order chi connectivity index (χ0) is 46.5. The van der Waals surface area contributed by atoms with Crippen molar-refractivity contribution in [2.24, 2.45) is 7.05 Å². The molecular weight excluding hydrogens is 841 g/mol. The Morgan fingerprint density at radius 3 is 2.16 bits per heavy atom. The van der Waals surface area contributed by atoms with Gasteiger partial charge in [0.25, 0.3) is 0 Å². The molecule has 0 spiro atoms. The smallest absolute Gasteiger partial charge is 0.219 e. The summed E-state index contributed by atoms with van der Waals surface area (Å²) in [5.41, 5.74) is 13.5. The second-order valence-electron chi connectivity index (χ2n) is 19.0. The number of aromatic nitrogens is 9. The minimum Gasteiger partial charge on any atom is -0.381 e. The van der Waals surface area contributed by atoms with E-state index in [0.717, 1.165) is 121 Å². The molecule has 0 unspecified atom stereocenters. The van der Waals surface area contributed by atoms with E-state index in [-0.39, 0.29) is 17.7 Å². The maximum absolute atomic E-state index is 12.3. The largest absolute Gasteiger partial charge is 0.381 e. The van der Waals surface area contributed by atoms with Gasteiger partial charge in [0.15, 0.2) is 5.82 Å². The topological polar surface area (TPSA) is 145 Å². The number of fused-ring (bicyclic) bond motifs is 4. The molecule has 4 aliphatic heterocycles. The summed E-state index contributed by atoms with van der Waals surface area (Å²) in [5.74, 6) is 2.36. The molecule has 0 atom stereocenters. The van der Waals surface area contributed by atoms with Gasteiger partial charge in [-0.1, -0.05) is 38.1 Å². The van der Waals surface area contributed by atoms with Crippen molar-refractivity contribution in [2.45, 2.75) is 105 Å². The number of aryl methyl sites for hydroxylation is 1. The second-order valence-corrected chi connectivity index (χ2v) is 19.0. The monoisotopic (exact) mass is 900 g/mol. The fraction of sp³-hybridized carbons (Fsp3) is 0.423. The number of rotatable bonds is 7. The van der Waals surface area contributed by atoms with Crippen molar-refractivity contribution in [3.8, 4) is 33.6 Å². The molecule has 9 heterocycles. The third-order valence-corrected chi connectivity index (χ3v) is 13.8. The molecule has 15 heteroatoms. The number of hydrogen-bond donors (Lipinski definition) is 0. The number of carbonyl (C=O) groups is 2. The van der Waals surface area contributed by atoms with E-state index in [1.807, 2.05) is 52.5 Å². The number of anilines is 2. The van der Waals surface area contributed by atoms with Gasteiger partial charge in [-0.05, 0) is 67.8 Å². The van der Waals surface area contributed by atoms with Gasteiger partial charge >= 0.3 is 0 Å². The number of benzene rings is 2. The molecule has 5 aromatic heterocycles. The molecular formula is C52H60N12O3. The van der Waals surface area contributed by atoms with Crippen molar-refractivity contribution in [3.63, 3.8) is 0 Å². The molecule has 2 aromatic carbocycles. The van der Waals surface area contributed by atoms with Crippen LogP contribution in [0.1, 0.15) is 106 Å². The Balaban J connectivity index is 0.000000160. The second kappa shape index (κ2) is 18.2. The fourth-order valence-electron chi connectivity index (χ4n) is 10.2. The van der Waals surface area contributed by atoms with Gasteiger partial charge in [-0.3, -0.25) is 28.6 Å². The minimum atomic E-state index is 0.102. The first-order chi connectivity index (χ1) is 32.4. The zero-order valence-electron chi connectivity index (χ0n) is 39.7. The Hall–Kier alpha value is -6.74. The Kier molecular flexibility index (Phi) is 12.0. The molecule has 4 aliphatic rings. The first kappa shape index (κ1) is 44.1. The lowest BCUT2D eigenvalue weighted by Gasteiger charge is -2.29. The number of amides is 2. The first-order valence-corrected chi connectivity index (χ1v) is 23.8. The molecule has 0 saturated carbocycles. The molecule has 1 fully saturated rings. The van der Waals surface area contributed by atoms with E-state index in [4.69, 9.17) is 19.9 Å². The molecule has 0 N–H and O–H groups in total. The van der Waals surface area contributed by atoms with Crippen LogP contribution in [-0.4, -0.2) is 98.8 Å². The standard InChI is InChI=1S/C29H32N6O2.C23H28N6O/c1-18(2)29-31-14-21(15-32-29)26-13-20-5-4-6-23(24(20)16-30-26)28-25-17-34(19(3)36)10-7-27(25)35(33-28)22-8-11-37-12-9-22;1-15(2)29-22-8-9-27(16(3)30)14-20(22)23(25-29)28-10-7-18-11-17(5-6-21(18)28)19-12-24-26(4)13-19/h4-6,13-16,18,22H,7-12,17H2,1-3H3;5-6,11-13,15H,7-10,14H2,1-4H3. The van der Waals surface area contributed by atoms with Crippen LogP contribution in [0.2, 0.25) is 0 Å². The van der Waals surface area contributed by atoms with E-state index in [0.29, 0.717) is 25.2 Å². The number of carbonyl (C=O) groups excluding carboxylic acids is 2. The van der Waals surface area contributed by atoms with Crippen LogP contribution < -0.4 is 4.90 Å². The van der Waals surface area contributed by atoms with E-state index < -0.39 is 0 Å². The summed E-state index contributed by atoms with van der Waals surface area (Å²) >= 11 is 0. The lowest BCUT2D eigenvalue weighted by atomic mass is 9.96. The van der Waals surface area contributed by atoms with Crippen molar-refractivity contribution in [2.75, 3.05) is 37.7 Å². The van der Waals surface area contributed by atoms with Gasteiger partial charge < -0.3 is 19.4 Å². The Bertz CT molecular complexity index is 2980. The summed E-state index contributed by atoms with van der Waals surface area (Å²) in [6.07, 6.45) is 14.2. The van der Waals surface area contributed by atoms with E-state index in [1.54, 1.807) is 13.8 Å². The number of hydrogen-bond acceptors (Lipinski definition) is 10. The Morgan fingerprint density at radius 1 is 0.746 bits per heavy atom. The average Bonchev–Trinajstić information content (AvgIpc) is 4.15. The van der Waals surface area contributed by atoms with Crippen LogP contribution in [0.5, 0.6) is 0 Å². The number of nitrogens with zero attached hydrogens (tertiary/aromatic N) is 12. The third-order valence-electron chi connectivity index (χ3n) is 13.8. The molecule has 0 radical (unpaired) electrons. The van der Waals surface area contributed by atoms with E-state index in [2.05, 4.69) is 99.5 Å². The Morgan fingerprint density at radius 2 is 1.48 bits per heavy atom. The average molecular weight is 901 g/mol. The van der Waals surface area contributed by atoms with Crippen LogP contribution in [0.15, 0.2) is 73.4 Å². The van der Waals surface area contributed by atoms with E-state index >= 15 is 0 Å². The third kappa shape index (κ3) is 8.49. The molecule has 67 heavy (non-hydrogen) atoms.